The van der Waals surface area contributed by atoms with E-state index in [4.69, 9.17) is 14.0 Å². The van der Waals surface area contributed by atoms with Gasteiger partial charge in [0.05, 0.1) is 25.4 Å². The predicted molar refractivity (Wildman–Crippen MR) is 210 cm³/mol. The van der Waals surface area contributed by atoms with E-state index in [1.807, 2.05) is 6.08 Å². The van der Waals surface area contributed by atoms with Crippen molar-refractivity contribution >= 4 is 16.3 Å². The number of nitrogens with one attached hydrogen (secondary N) is 1. The summed E-state index contributed by atoms with van der Waals surface area (Å²) in [5, 5.41) is 55.0. The highest BCUT2D eigenvalue weighted by atomic mass is 32.3. The molecule has 14 heteroatoms. The molecule has 54 heavy (non-hydrogen) atoms. The molecule has 8 atom stereocenters. The smallest absolute Gasteiger partial charge is 0.394 e. The van der Waals surface area contributed by atoms with Gasteiger partial charge in [-0.2, -0.15) is 8.42 Å². The van der Waals surface area contributed by atoms with Crippen LogP contribution in [0.5, 0.6) is 0 Å². The SMILES string of the molecule is CCCCCCCCCCCCCC/C=C/C(O)C(COC1OC(CO)C(O)C(OS(=O)(=O)O)C1O)NC(=O)C(O)CCCCCCCCCCCCC. The minimum atomic E-state index is -5.11. The lowest BCUT2D eigenvalue weighted by Crippen LogP contribution is -2.61. The predicted octanol–water partition coefficient (Wildman–Crippen LogP) is 6.19. The molecule has 0 spiro atoms. The Labute approximate surface area is 326 Å². The average Bonchev–Trinajstić information content (AvgIpc) is 3.14. The molecule has 1 fully saturated rings. The Morgan fingerprint density at radius 3 is 1.67 bits per heavy atom. The minimum absolute atomic E-state index is 0.247. The highest BCUT2D eigenvalue weighted by molar-refractivity contribution is 7.80. The van der Waals surface area contributed by atoms with Gasteiger partial charge in [-0.05, 0) is 19.3 Å². The van der Waals surface area contributed by atoms with Crippen molar-refractivity contribution in [3.8, 4) is 0 Å². The molecular weight excluding hydrogens is 719 g/mol. The zero-order valence-corrected chi connectivity index (χ0v) is 34.2. The second-order valence-electron chi connectivity index (χ2n) is 15.1. The summed E-state index contributed by atoms with van der Waals surface area (Å²) in [5.41, 5.74) is 0. The third-order valence-electron chi connectivity index (χ3n) is 10.2. The Kier molecular flexibility index (Phi) is 30.0. The van der Waals surface area contributed by atoms with E-state index in [9.17, 15) is 38.7 Å². The van der Waals surface area contributed by atoms with Gasteiger partial charge in [0.1, 0.15) is 30.5 Å². The Bertz CT molecular complexity index is 1050. The summed E-state index contributed by atoms with van der Waals surface area (Å²) in [5.74, 6) is -0.703. The lowest BCUT2D eigenvalue weighted by molar-refractivity contribution is -0.298. The molecule has 0 aromatic heterocycles. The highest BCUT2D eigenvalue weighted by Gasteiger charge is 2.48. The maximum Gasteiger partial charge on any atom is 0.397 e. The molecule has 1 aliphatic heterocycles. The van der Waals surface area contributed by atoms with Crippen LogP contribution in [0, 0.1) is 0 Å². The van der Waals surface area contributed by atoms with Gasteiger partial charge in [-0.1, -0.05) is 167 Å². The third kappa shape index (κ3) is 24.4. The molecule has 0 aromatic carbocycles. The molecule has 1 heterocycles. The number of unbranched alkanes of at least 4 members (excludes halogenated alkanes) is 22. The number of amides is 1. The number of carbonyl (C=O) groups excluding carboxylic acids is 1. The second-order valence-corrected chi connectivity index (χ2v) is 16.1. The molecule has 8 unspecified atom stereocenters. The molecule has 7 N–H and O–H groups in total. The van der Waals surface area contributed by atoms with Gasteiger partial charge in [-0.3, -0.25) is 9.35 Å². The maximum absolute atomic E-state index is 13.0. The maximum atomic E-state index is 13.0. The summed E-state index contributed by atoms with van der Waals surface area (Å²) in [6.45, 7) is 3.18. The molecule has 320 valence electrons. The summed E-state index contributed by atoms with van der Waals surface area (Å²) in [6, 6.07) is -1.11. The van der Waals surface area contributed by atoms with Crippen LogP contribution < -0.4 is 5.32 Å². The normalized spacial score (nSPS) is 22.4. The Morgan fingerprint density at radius 2 is 1.20 bits per heavy atom. The van der Waals surface area contributed by atoms with E-state index in [-0.39, 0.29) is 6.42 Å². The lowest BCUT2D eigenvalue weighted by Gasteiger charge is -2.41. The quantitative estimate of drug-likeness (QED) is 0.0218. The fourth-order valence-electron chi connectivity index (χ4n) is 6.75. The standard InChI is InChI=1S/C40H77NO12S/c1-3-5-7-9-11-13-15-16-17-19-20-22-24-26-28-33(43)32(31-51-40-37(46)38(53-54(48,49)50)36(45)35(30-42)52-40)41-39(47)34(44)29-27-25-23-21-18-14-12-10-8-6-4-2/h26,28,32-38,40,42-46H,3-25,27,29-31H2,1-2H3,(H,41,47)(H,48,49,50)/b28-26+. The average molecular weight is 796 g/mol. The molecule has 0 bridgehead atoms. The van der Waals surface area contributed by atoms with Gasteiger partial charge in [0.15, 0.2) is 6.29 Å². The molecule has 1 amide bonds. The molecule has 0 radical (unpaired) electrons. The van der Waals surface area contributed by atoms with Crippen LogP contribution in [0.2, 0.25) is 0 Å². The third-order valence-corrected chi connectivity index (χ3v) is 10.6. The summed E-state index contributed by atoms with van der Waals surface area (Å²) in [6.07, 6.45) is 20.2. The van der Waals surface area contributed by atoms with Gasteiger partial charge in [0, 0.05) is 0 Å². The van der Waals surface area contributed by atoms with Crippen molar-refractivity contribution in [3.63, 3.8) is 0 Å². The van der Waals surface area contributed by atoms with E-state index in [0.29, 0.717) is 12.8 Å². The number of carbonyl (C=O) groups is 1. The summed E-state index contributed by atoms with van der Waals surface area (Å²) >= 11 is 0. The van der Waals surface area contributed by atoms with Crippen molar-refractivity contribution in [2.75, 3.05) is 13.2 Å². The number of hydrogen-bond donors (Lipinski definition) is 7. The Balaban J connectivity index is 2.66. The van der Waals surface area contributed by atoms with Crippen molar-refractivity contribution in [1.82, 2.24) is 5.32 Å². The first-order chi connectivity index (χ1) is 25.9. The van der Waals surface area contributed by atoms with Gasteiger partial charge in [-0.15, -0.1) is 0 Å². The van der Waals surface area contributed by atoms with Crippen LogP contribution >= 0.6 is 0 Å². The van der Waals surface area contributed by atoms with Crippen LogP contribution in [0.4, 0.5) is 0 Å². The molecule has 1 saturated heterocycles. The largest absolute Gasteiger partial charge is 0.397 e. The number of aliphatic hydroxyl groups is 5. The molecule has 1 rings (SSSR count). The van der Waals surface area contributed by atoms with Crippen molar-refractivity contribution in [2.45, 2.75) is 223 Å². The van der Waals surface area contributed by atoms with E-state index in [2.05, 4.69) is 23.3 Å². The molecule has 0 aromatic rings. The molecule has 1 aliphatic rings. The summed E-state index contributed by atoms with van der Waals surface area (Å²) in [7, 11) is -5.11. The monoisotopic (exact) mass is 796 g/mol. The number of aliphatic hydroxyl groups excluding tert-OH is 5. The van der Waals surface area contributed by atoms with E-state index in [1.165, 1.54) is 109 Å². The zero-order valence-electron chi connectivity index (χ0n) is 33.4. The first-order valence-electron chi connectivity index (χ1n) is 21.2. The lowest BCUT2D eigenvalue weighted by atomic mass is 9.99. The van der Waals surface area contributed by atoms with Crippen molar-refractivity contribution in [2.24, 2.45) is 0 Å². The fourth-order valence-corrected chi connectivity index (χ4v) is 7.26. The van der Waals surface area contributed by atoms with E-state index in [0.717, 1.165) is 38.5 Å². The van der Waals surface area contributed by atoms with Crippen molar-refractivity contribution in [3.05, 3.63) is 12.2 Å². The number of allylic oxidation sites excluding steroid dienone is 1. The summed E-state index contributed by atoms with van der Waals surface area (Å²) < 4.78 is 47.3. The van der Waals surface area contributed by atoms with Crippen LogP contribution in [0.25, 0.3) is 0 Å². The van der Waals surface area contributed by atoms with E-state index in [1.54, 1.807) is 0 Å². The molecule has 13 nitrogen and oxygen atoms in total. The van der Waals surface area contributed by atoms with E-state index >= 15 is 0 Å². The Morgan fingerprint density at radius 1 is 0.741 bits per heavy atom. The van der Waals surface area contributed by atoms with Gasteiger partial charge in [0.25, 0.3) is 0 Å². The van der Waals surface area contributed by atoms with Crippen molar-refractivity contribution in [1.29, 1.82) is 0 Å². The van der Waals surface area contributed by atoms with Gasteiger partial charge < -0.3 is 40.3 Å². The zero-order chi connectivity index (χ0) is 40.0. The first-order valence-corrected chi connectivity index (χ1v) is 22.5. The van der Waals surface area contributed by atoms with Gasteiger partial charge in [0.2, 0.25) is 5.91 Å². The van der Waals surface area contributed by atoms with Gasteiger partial charge in [-0.25, -0.2) is 4.18 Å². The van der Waals surface area contributed by atoms with Crippen molar-refractivity contribution < 1.29 is 57.0 Å². The van der Waals surface area contributed by atoms with Crippen LogP contribution in [0.15, 0.2) is 12.2 Å². The highest BCUT2D eigenvalue weighted by Crippen LogP contribution is 2.26. The van der Waals surface area contributed by atoms with Crippen LogP contribution in [0.1, 0.15) is 174 Å². The van der Waals surface area contributed by atoms with Crippen LogP contribution in [-0.2, 0) is 28.9 Å². The topological polar surface area (TPSA) is 212 Å². The van der Waals surface area contributed by atoms with E-state index < -0.39 is 78.5 Å². The number of rotatable bonds is 35. The Hall–Kier alpha value is -1.20. The second kappa shape index (κ2) is 31.8. The first kappa shape index (κ1) is 50.8. The van der Waals surface area contributed by atoms with Crippen LogP contribution in [-0.4, -0.2) is 107 Å². The molecular formula is C40H77NO12S. The minimum Gasteiger partial charge on any atom is -0.394 e. The van der Waals surface area contributed by atoms with Gasteiger partial charge >= 0.3 is 10.4 Å². The number of hydrogen-bond acceptors (Lipinski definition) is 11. The molecule has 0 aliphatic carbocycles. The molecule has 0 saturated carbocycles. The van der Waals surface area contributed by atoms with Crippen LogP contribution in [0.3, 0.4) is 0 Å². The summed E-state index contributed by atoms with van der Waals surface area (Å²) in [4.78, 5) is 13.0. The number of ether oxygens (including phenoxy) is 2. The fraction of sp³-hybridized carbons (Fsp3) is 0.925.